The van der Waals surface area contributed by atoms with E-state index in [0.717, 1.165) is 32.6 Å². The summed E-state index contributed by atoms with van der Waals surface area (Å²) in [5.74, 6) is -3.73. The van der Waals surface area contributed by atoms with Gasteiger partial charge in [-0.2, -0.15) is 0 Å². The standard InChI is InChI=1S/C40H36N6O6/c47-36(32(20-26-12-4-1-5-13-26)42-37(48)33-21-29-18-10-11-19-31(29)41-33)43-34-25-45-24-30(35(40(51)52)46(45)39(34)50)38(49)44(22-27-14-6-2-7-15-27)23-28-16-8-3-9-17-28/h1-19,21,32,34,41H,20,22-25H2,(H,42,48)(H,43,47)(H,51,52)/t32-,34-/m0/s1. The van der Waals surface area contributed by atoms with Crippen LogP contribution in [0, 0.1) is 0 Å². The molecule has 3 heterocycles. The number of carbonyl (C=O) groups excluding carboxylic acids is 4. The largest absolute Gasteiger partial charge is 0.477 e. The number of carboxylic acid groups (broad SMARTS) is 1. The Kier molecular flexibility index (Phi) is 9.63. The minimum absolute atomic E-state index is 0.0231. The van der Waals surface area contributed by atoms with Gasteiger partial charge >= 0.3 is 5.97 Å². The predicted molar refractivity (Wildman–Crippen MR) is 192 cm³/mol. The molecule has 0 aliphatic carbocycles. The van der Waals surface area contributed by atoms with Crippen molar-refractivity contribution in [1.82, 2.24) is 30.5 Å². The maximum absolute atomic E-state index is 14.1. The van der Waals surface area contributed by atoms with Gasteiger partial charge in [-0.1, -0.05) is 109 Å². The lowest BCUT2D eigenvalue weighted by Gasteiger charge is -2.24. The highest BCUT2D eigenvalue weighted by atomic mass is 16.4. The molecule has 262 valence electrons. The number of fused-ring (bicyclic) bond motifs is 2. The van der Waals surface area contributed by atoms with E-state index < -0.39 is 47.4 Å². The molecule has 1 aromatic heterocycles. The Hall–Kier alpha value is -6.53. The smallest absolute Gasteiger partial charge is 0.354 e. The molecule has 0 radical (unpaired) electrons. The van der Waals surface area contributed by atoms with Crippen molar-refractivity contribution < 1.29 is 29.1 Å². The predicted octanol–water partition coefficient (Wildman–Crippen LogP) is 3.63. The minimum Gasteiger partial charge on any atom is -0.477 e. The molecule has 5 aromatic rings. The van der Waals surface area contributed by atoms with Crippen LogP contribution >= 0.6 is 0 Å². The van der Waals surface area contributed by atoms with Gasteiger partial charge in [-0.3, -0.25) is 19.2 Å². The van der Waals surface area contributed by atoms with Gasteiger partial charge in [-0.25, -0.2) is 14.8 Å². The maximum atomic E-state index is 14.1. The number of benzene rings is 4. The first-order valence-corrected chi connectivity index (χ1v) is 16.9. The molecule has 1 fully saturated rings. The Morgan fingerprint density at radius 2 is 1.38 bits per heavy atom. The van der Waals surface area contributed by atoms with Gasteiger partial charge < -0.3 is 25.6 Å². The Morgan fingerprint density at radius 3 is 1.98 bits per heavy atom. The SMILES string of the molecule is O=C(O)C1=C(C(=O)N(Cc2ccccc2)Cc2ccccc2)CN2C[C@H](NC(=O)[C@H](Cc3ccccc3)NC(=O)c3cc4ccccc4[nH]3)C(=O)N12. The lowest BCUT2D eigenvalue weighted by Crippen LogP contribution is -2.53. The van der Waals surface area contributed by atoms with Gasteiger partial charge in [0.15, 0.2) is 5.70 Å². The van der Waals surface area contributed by atoms with Crippen LogP contribution in [0.2, 0.25) is 0 Å². The minimum atomic E-state index is -1.43. The number of carbonyl (C=O) groups is 5. The molecule has 4 amide bonds. The number of aromatic nitrogens is 1. The second-order valence-corrected chi connectivity index (χ2v) is 12.8. The highest BCUT2D eigenvalue weighted by Crippen LogP contribution is 2.31. The number of hydrogen-bond donors (Lipinski definition) is 4. The molecule has 4 aromatic carbocycles. The number of hydrogen-bond acceptors (Lipinski definition) is 6. The number of amides is 4. The van der Waals surface area contributed by atoms with Crippen molar-refractivity contribution >= 4 is 40.5 Å². The molecular weight excluding hydrogens is 660 g/mol. The topological polar surface area (TPSA) is 155 Å². The first-order valence-electron chi connectivity index (χ1n) is 16.9. The Morgan fingerprint density at radius 1 is 0.808 bits per heavy atom. The lowest BCUT2D eigenvalue weighted by molar-refractivity contribution is -0.143. The van der Waals surface area contributed by atoms with E-state index in [1.165, 1.54) is 5.01 Å². The average molecular weight is 697 g/mol. The van der Waals surface area contributed by atoms with E-state index in [1.54, 1.807) is 11.0 Å². The van der Waals surface area contributed by atoms with E-state index in [0.29, 0.717) is 0 Å². The molecule has 7 rings (SSSR count). The van der Waals surface area contributed by atoms with Crippen LogP contribution in [0.4, 0.5) is 0 Å². The number of nitrogens with one attached hydrogen (secondary N) is 3. The van der Waals surface area contributed by atoms with Crippen molar-refractivity contribution in [3.05, 3.63) is 155 Å². The van der Waals surface area contributed by atoms with E-state index in [-0.39, 0.29) is 43.9 Å². The van der Waals surface area contributed by atoms with Crippen LogP contribution in [0.15, 0.2) is 133 Å². The molecule has 0 bridgehead atoms. The summed E-state index contributed by atoms with van der Waals surface area (Å²) in [4.78, 5) is 72.5. The summed E-state index contributed by atoms with van der Waals surface area (Å²) < 4.78 is 0. The molecule has 0 spiro atoms. The van der Waals surface area contributed by atoms with Crippen molar-refractivity contribution in [3.8, 4) is 0 Å². The van der Waals surface area contributed by atoms with Crippen LogP contribution in [0.1, 0.15) is 27.2 Å². The third-order valence-electron chi connectivity index (χ3n) is 9.20. The van der Waals surface area contributed by atoms with E-state index in [9.17, 15) is 29.1 Å². The van der Waals surface area contributed by atoms with E-state index in [2.05, 4.69) is 15.6 Å². The van der Waals surface area contributed by atoms with Gasteiger partial charge in [0.1, 0.15) is 17.8 Å². The zero-order valence-electron chi connectivity index (χ0n) is 28.1. The summed E-state index contributed by atoms with van der Waals surface area (Å²) in [7, 11) is 0. The zero-order chi connectivity index (χ0) is 36.2. The second kappa shape index (κ2) is 14.8. The number of carboxylic acids is 1. The van der Waals surface area contributed by atoms with Crippen LogP contribution < -0.4 is 10.6 Å². The van der Waals surface area contributed by atoms with Crippen LogP contribution in [0.25, 0.3) is 10.9 Å². The van der Waals surface area contributed by atoms with Crippen LogP contribution in [0.3, 0.4) is 0 Å². The maximum Gasteiger partial charge on any atom is 0.354 e. The molecular formula is C40H36N6O6. The van der Waals surface area contributed by atoms with Gasteiger partial charge in [0.2, 0.25) is 5.91 Å². The number of nitrogens with zero attached hydrogens (tertiary/aromatic N) is 3. The van der Waals surface area contributed by atoms with E-state index in [4.69, 9.17) is 0 Å². The van der Waals surface area contributed by atoms with E-state index in [1.807, 2.05) is 115 Å². The Bertz CT molecular complexity index is 2090. The van der Waals surface area contributed by atoms with Crippen molar-refractivity contribution in [2.45, 2.75) is 31.6 Å². The molecule has 12 heteroatoms. The highest BCUT2D eigenvalue weighted by Gasteiger charge is 2.50. The van der Waals surface area contributed by atoms with Gasteiger partial charge in [-0.15, -0.1) is 0 Å². The fourth-order valence-corrected chi connectivity index (χ4v) is 6.69. The zero-order valence-corrected chi connectivity index (χ0v) is 28.1. The van der Waals surface area contributed by atoms with Gasteiger partial charge in [0.05, 0.1) is 12.1 Å². The van der Waals surface area contributed by atoms with Crippen molar-refractivity contribution in [1.29, 1.82) is 0 Å². The quantitative estimate of drug-likeness (QED) is 0.155. The van der Waals surface area contributed by atoms with E-state index >= 15 is 0 Å². The third kappa shape index (κ3) is 7.18. The molecule has 1 saturated heterocycles. The molecule has 4 N–H and O–H groups in total. The molecule has 2 atom stereocenters. The molecule has 52 heavy (non-hydrogen) atoms. The summed E-state index contributed by atoms with van der Waals surface area (Å²) in [5, 5.41) is 19.2. The number of para-hydroxylation sites is 1. The Balaban J connectivity index is 1.10. The summed E-state index contributed by atoms with van der Waals surface area (Å²) in [6.07, 6.45) is 0.143. The first kappa shape index (κ1) is 33.9. The third-order valence-corrected chi connectivity index (χ3v) is 9.20. The fraction of sp³-hybridized carbons (Fsp3) is 0.175. The monoisotopic (exact) mass is 696 g/mol. The molecule has 2 aliphatic rings. The average Bonchev–Trinajstić information content (AvgIpc) is 3.85. The summed E-state index contributed by atoms with van der Waals surface area (Å²) in [6.45, 7) is 0.252. The second-order valence-electron chi connectivity index (χ2n) is 12.8. The number of H-pyrrole nitrogens is 1. The first-order chi connectivity index (χ1) is 25.2. The fourth-order valence-electron chi connectivity index (χ4n) is 6.69. The molecule has 0 unspecified atom stereocenters. The number of aliphatic carboxylic acids is 1. The normalized spacial score (nSPS) is 16.1. The summed E-state index contributed by atoms with van der Waals surface area (Å²) in [5.41, 5.74) is 3.10. The number of rotatable bonds is 12. The van der Waals surface area contributed by atoms with Gasteiger partial charge in [0.25, 0.3) is 17.7 Å². The number of aromatic amines is 1. The van der Waals surface area contributed by atoms with Crippen LogP contribution in [0.5, 0.6) is 0 Å². The van der Waals surface area contributed by atoms with Gasteiger partial charge in [0, 0.05) is 37.0 Å². The summed E-state index contributed by atoms with van der Waals surface area (Å²) in [6, 6.07) is 34.9. The molecule has 2 aliphatic heterocycles. The highest BCUT2D eigenvalue weighted by molar-refractivity contribution is 6.07. The van der Waals surface area contributed by atoms with Crippen molar-refractivity contribution in [2.75, 3.05) is 13.1 Å². The van der Waals surface area contributed by atoms with Crippen LogP contribution in [-0.4, -0.2) is 79.8 Å². The van der Waals surface area contributed by atoms with Crippen molar-refractivity contribution in [2.24, 2.45) is 0 Å². The van der Waals surface area contributed by atoms with Gasteiger partial charge in [-0.05, 0) is 28.8 Å². The molecule has 12 nitrogen and oxygen atoms in total. The Labute approximate surface area is 299 Å². The number of hydrazine groups is 1. The van der Waals surface area contributed by atoms with Crippen molar-refractivity contribution in [3.63, 3.8) is 0 Å². The van der Waals surface area contributed by atoms with Crippen LogP contribution in [-0.2, 0) is 38.7 Å². The lowest BCUT2D eigenvalue weighted by atomic mass is 10.0. The summed E-state index contributed by atoms with van der Waals surface area (Å²) >= 11 is 0. The molecule has 0 saturated carbocycles.